The van der Waals surface area contributed by atoms with Crippen molar-refractivity contribution < 1.29 is 33.6 Å². The minimum Gasteiger partial charge on any atom is -0.493 e. The van der Waals surface area contributed by atoms with Gasteiger partial charge in [0.25, 0.3) is 5.97 Å². The largest absolute Gasteiger partial charge is 0.493 e. The molecule has 0 aliphatic carbocycles. The van der Waals surface area contributed by atoms with Crippen LogP contribution in [0.3, 0.4) is 0 Å². The molecule has 3 aromatic rings. The van der Waals surface area contributed by atoms with Crippen LogP contribution in [-0.2, 0) is 30.9 Å². The van der Waals surface area contributed by atoms with Crippen molar-refractivity contribution in [2.75, 3.05) is 34.5 Å². The first-order valence-corrected chi connectivity index (χ1v) is 12.5. The zero-order chi connectivity index (χ0) is 27.5. The van der Waals surface area contributed by atoms with Crippen molar-refractivity contribution >= 4 is 5.97 Å². The van der Waals surface area contributed by atoms with Gasteiger partial charge in [0.05, 0.1) is 27.9 Å². The molecule has 1 aliphatic rings. The van der Waals surface area contributed by atoms with Crippen LogP contribution in [0.5, 0.6) is 28.7 Å². The lowest BCUT2D eigenvalue weighted by molar-refractivity contribution is -0.134. The molecule has 0 radical (unpaired) electrons. The maximum absolute atomic E-state index is 9.00. The molecule has 3 aromatic carbocycles. The van der Waals surface area contributed by atoms with E-state index in [-0.39, 0.29) is 0 Å². The highest BCUT2D eigenvalue weighted by Gasteiger charge is 2.21. The number of benzene rings is 3. The first-order valence-electron chi connectivity index (χ1n) is 12.5. The van der Waals surface area contributed by atoms with Crippen molar-refractivity contribution in [3.8, 4) is 28.7 Å². The van der Waals surface area contributed by atoms with Crippen LogP contribution < -0.4 is 23.7 Å². The summed E-state index contributed by atoms with van der Waals surface area (Å²) < 4.78 is 28.6. The molecule has 38 heavy (non-hydrogen) atoms. The number of carbonyl (C=O) groups is 1. The second-order valence-corrected chi connectivity index (χ2v) is 8.79. The third-order valence-corrected chi connectivity index (χ3v) is 6.02. The minimum atomic E-state index is -0.833. The van der Waals surface area contributed by atoms with Gasteiger partial charge >= 0.3 is 0 Å². The average Bonchev–Trinajstić information content (AvgIpc) is 2.91. The summed E-state index contributed by atoms with van der Waals surface area (Å²) in [5, 5.41) is 7.42. The van der Waals surface area contributed by atoms with E-state index in [0.29, 0.717) is 30.5 Å². The van der Waals surface area contributed by atoms with Crippen LogP contribution in [0.15, 0.2) is 54.6 Å². The number of hydrogen-bond donors (Lipinski definition) is 1. The summed E-state index contributed by atoms with van der Waals surface area (Å²) in [6.45, 7) is 6.77. The van der Waals surface area contributed by atoms with E-state index in [1.807, 2.05) is 37.3 Å². The number of aliphatic carboxylic acids is 1. The highest BCUT2D eigenvalue weighted by molar-refractivity contribution is 5.63. The van der Waals surface area contributed by atoms with Crippen LogP contribution in [0.4, 0.5) is 0 Å². The number of hydrogen-bond acceptors (Lipinski definition) is 7. The van der Waals surface area contributed by atoms with E-state index < -0.39 is 5.97 Å². The maximum Gasteiger partial charge on any atom is 0.300 e. The van der Waals surface area contributed by atoms with E-state index >= 15 is 0 Å². The minimum absolute atomic E-state index is 0.521. The van der Waals surface area contributed by atoms with Gasteiger partial charge in [0.15, 0.2) is 23.0 Å². The third-order valence-electron chi connectivity index (χ3n) is 6.02. The molecule has 1 heterocycles. The molecule has 1 N–H and O–H groups in total. The molecule has 0 fully saturated rings. The number of fused-ring (bicyclic) bond motifs is 1. The molecule has 8 nitrogen and oxygen atoms in total. The molecule has 1 aliphatic heterocycles. The third kappa shape index (κ3) is 7.79. The molecule has 0 bridgehead atoms. The molecular formula is C30H37NO7. The fraction of sp³-hybridized carbons (Fsp3) is 0.367. The van der Waals surface area contributed by atoms with Gasteiger partial charge < -0.3 is 28.8 Å². The number of carboxylic acids is 1. The second kappa shape index (κ2) is 14.1. The fourth-order valence-electron chi connectivity index (χ4n) is 4.36. The molecule has 0 spiro atoms. The lowest BCUT2D eigenvalue weighted by Crippen LogP contribution is -2.30. The number of methoxy groups -OCH3 is 3. The highest BCUT2D eigenvalue weighted by Crippen LogP contribution is 2.39. The Kier molecular flexibility index (Phi) is 10.7. The summed E-state index contributed by atoms with van der Waals surface area (Å²) >= 11 is 0. The summed E-state index contributed by atoms with van der Waals surface area (Å²) in [4.78, 5) is 11.4. The Bertz CT molecular complexity index is 1170. The first-order chi connectivity index (χ1) is 18.4. The van der Waals surface area contributed by atoms with E-state index in [1.165, 1.54) is 11.1 Å². The monoisotopic (exact) mass is 523 g/mol. The van der Waals surface area contributed by atoms with Crippen molar-refractivity contribution in [2.45, 2.75) is 40.0 Å². The van der Waals surface area contributed by atoms with Gasteiger partial charge in [-0.1, -0.05) is 30.3 Å². The Balaban J connectivity index is 0.000000934. The number of carboxylic acid groups (broad SMARTS) is 1. The quantitative estimate of drug-likeness (QED) is 0.381. The Labute approximate surface area is 224 Å². The molecule has 8 heteroatoms. The van der Waals surface area contributed by atoms with Crippen LogP contribution >= 0.6 is 0 Å². The summed E-state index contributed by atoms with van der Waals surface area (Å²) in [6.07, 6.45) is 0.952. The SMILES string of the molecule is CC(=O)O.CCOc1cc2c(cc1OCc1ccccc1)CCN(Cc1cc(OC)c(OC)c(OC)c1)C2. The van der Waals surface area contributed by atoms with Gasteiger partial charge in [-0.25, -0.2) is 0 Å². The molecule has 0 unspecified atom stereocenters. The number of nitrogens with zero attached hydrogens (tertiary/aromatic N) is 1. The van der Waals surface area contributed by atoms with Gasteiger partial charge in [-0.15, -0.1) is 0 Å². The van der Waals surface area contributed by atoms with Crippen molar-refractivity contribution in [1.82, 2.24) is 4.90 Å². The van der Waals surface area contributed by atoms with E-state index in [0.717, 1.165) is 55.6 Å². The van der Waals surface area contributed by atoms with Crippen LogP contribution in [0.2, 0.25) is 0 Å². The molecule has 0 saturated heterocycles. The van der Waals surface area contributed by atoms with E-state index in [4.69, 9.17) is 33.6 Å². The van der Waals surface area contributed by atoms with Gasteiger partial charge in [0, 0.05) is 26.6 Å². The smallest absolute Gasteiger partial charge is 0.300 e. The van der Waals surface area contributed by atoms with Gasteiger partial charge in [-0.3, -0.25) is 9.69 Å². The number of ether oxygens (including phenoxy) is 5. The summed E-state index contributed by atoms with van der Waals surface area (Å²) in [7, 11) is 4.91. The standard InChI is InChI=1S/C28H33NO5.C2H4O2/c1-5-33-24-16-23-18-29(17-21-13-26(30-2)28(32-4)27(14-21)31-3)12-11-22(23)15-25(24)34-19-20-9-7-6-8-10-20;1-2(3)4/h6-10,13-16H,5,11-12,17-19H2,1-4H3;1H3,(H,3,4). The first kappa shape index (κ1) is 28.7. The van der Waals surface area contributed by atoms with E-state index in [2.05, 4.69) is 29.2 Å². The average molecular weight is 524 g/mol. The summed E-state index contributed by atoms with van der Waals surface area (Å²) in [5.41, 5.74) is 4.84. The normalized spacial score (nSPS) is 12.4. The lowest BCUT2D eigenvalue weighted by Gasteiger charge is -2.30. The predicted molar refractivity (Wildman–Crippen MR) is 146 cm³/mol. The Hall–Kier alpha value is -3.91. The molecule has 0 saturated carbocycles. The maximum atomic E-state index is 9.00. The van der Waals surface area contributed by atoms with Gasteiger partial charge in [-0.2, -0.15) is 0 Å². The molecule has 0 atom stereocenters. The summed E-state index contributed by atoms with van der Waals surface area (Å²) in [6, 6.07) is 18.5. The molecule has 0 aromatic heterocycles. The molecule has 204 valence electrons. The highest BCUT2D eigenvalue weighted by atomic mass is 16.5. The Morgan fingerprint density at radius 3 is 2.03 bits per heavy atom. The molecule has 0 amide bonds. The Morgan fingerprint density at radius 1 is 0.842 bits per heavy atom. The number of rotatable bonds is 10. The summed E-state index contributed by atoms with van der Waals surface area (Å²) in [5.74, 6) is 2.73. The topological polar surface area (TPSA) is 86.7 Å². The lowest BCUT2D eigenvalue weighted by atomic mass is 9.98. The van der Waals surface area contributed by atoms with Crippen molar-refractivity contribution in [2.24, 2.45) is 0 Å². The zero-order valence-electron chi connectivity index (χ0n) is 22.8. The van der Waals surface area contributed by atoms with Gasteiger partial charge in [-0.05, 0) is 59.9 Å². The van der Waals surface area contributed by atoms with Gasteiger partial charge in [0.2, 0.25) is 5.75 Å². The van der Waals surface area contributed by atoms with Crippen LogP contribution in [-0.4, -0.2) is 50.5 Å². The Morgan fingerprint density at radius 2 is 1.45 bits per heavy atom. The van der Waals surface area contributed by atoms with Crippen LogP contribution in [0, 0.1) is 0 Å². The fourth-order valence-corrected chi connectivity index (χ4v) is 4.36. The predicted octanol–water partition coefficient (Wildman–Crippen LogP) is 5.34. The molecule has 4 rings (SSSR count). The second-order valence-electron chi connectivity index (χ2n) is 8.79. The van der Waals surface area contributed by atoms with Gasteiger partial charge in [0.1, 0.15) is 6.61 Å². The van der Waals surface area contributed by atoms with E-state index in [9.17, 15) is 0 Å². The van der Waals surface area contributed by atoms with E-state index in [1.54, 1.807) is 21.3 Å². The zero-order valence-corrected chi connectivity index (χ0v) is 22.8. The molecular weight excluding hydrogens is 486 g/mol. The van der Waals surface area contributed by atoms with Crippen LogP contribution in [0.1, 0.15) is 36.1 Å². The van der Waals surface area contributed by atoms with Crippen molar-refractivity contribution in [3.05, 3.63) is 76.9 Å². The van der Waals surface area contributed by atoms with Crippen molar-refractivity contribution in [1.29, 1.82) is 0 Å². The van der Waals surface area contributed by atoms with Crippen LogP contribution in [0.25, 0.3) is 0 Å². The van der Waals surface area contributed by atoms with Crippen molar-refractivity contribution in [3.63, 3.8) is 0 Å².